The van der Waals surface area contributed by atoms with E-state index in [1.807, 2.05) is 6.92 Å². The van der Waals surface area contributed by atoms with Gasteiger partial charge in [0.1, 0.15) is 0 Å². The van der Waals surface area contributed by atoms with Gasteiger partial charge in [-0.3, -0.25) is 9.59 Å². The maximum Gasteiger partial charge on any atom is 0.224 e. The molecule has 4 nitrogen and oxygen atoms in total. The van der Waals surface area contributed by atoms with Crippen LogP contribution in [0, 0.1) is 17.2 Å². The molecule has 0 bridgehead atoms. The summed E-state index contributed by atoms with van der Waals surface area (Å²) in [4.78, 5) is 23.0. The molecule has 0 aliphatic rings. The fourth-order valence-electron chi connectivity index (χ4n) is 1.70. The van der Waals surface area contributed by atoms with Crippen LogP contribution < -0.4 is 5.32 Å². The standard InChI is InChI=1S/C15H18N2O2/c1-3-12(10-16)7-8-15(19)17-14-6-4-5-13(9-14)11(2)18/h4-6,9,12H,3,7-8H2,1-2H3,(H,17,19). The molecule has 0 spiro atoms. The lowest BCUT2D eigenvalue weighted by Gasteiger charge is -2.08. The van der Waals surface area contributed by atoms with Crippen molar-refractivity contribution in [3.8, 4) is 6.07 Å². The first kappa shape index (κ1) is 14.9. The largest absolute Gasteiger partial charge is 0.326 e. The Morgan fingerprint density at radius 1 is 1.42 bits per heavy atom. The van der Waals surface area contributed by atoms with Crippen molar-refractivity contribution in [2.45, 2.75) is 33.1 Å². The molecule has 0 saturated heterocycles. The lowest BCUT2D eigenvalue weighted by molar-refractivity contribution is -0.116. The first-order valence-corrected chi connectivity index (χ1v) is 6.37. The predicted octanol–water partition coefficient (Wildman–Crippen LogP) is 3.16. The van der Waals surface area contributed by atoms with Gasteiger partial charge in [-0.1, -0.05) is 19.1 Å². The van der Waals surface area contributed by atoms with E-state index in [-0.39, 0.29) is 17.6 Å². The molecule has 100 valence electrons. The highest BCUT2D eigenvalue weighted by Gasteiger charge is 2.09. The van der Waals surface area contributed by atoms with Gasteiger partial charge >= 0.3 is 0 Å². The molecule has 0 heterocycles. The van der Waals surface area contributed by atoms with Crippen LogP contribution in [-0.2, 0) is 4.79 Å². The maximum absolute atomic E-state index is 11.7. The van der Waals surface area contributed by atoms with E-state index in [1.54, 1.807) is 24.3 Å². The molecule has 0 radical (unpaired) electrons. The van der Waals surface area contributed by atoms with Crippen LogP contribution in [0.5, 0.6) is 0 Å². The van der Waals surface area contributed by atoms with Gasteiger partial charge in [0, 0.05) is 23.6 Å². The number of carbonyl (C=O) groups is 2. The van der Waals surface area contributed by atoms with Crippen LogP contribution in [0.3, 0.4) is 0 Å². The second-order valence-corrected chi connectivity index (χ2v) is 4.46. The molecule has 1 aromatic rings. The Kier molecular flexibility index (Phi) is 5.74. The molecule has 0 aliphatic heterocycles. The zero-order valence-electron chi connectivity index (χ0n) is 11.3. The lowest BCUT2D eigenvalue weighted by Crippen LogP contribution is -2.13. The number of hydrogen-bond donors (Lipinski definition) is 1. The predicted molar refractivity (Wildman–Crippen MR) is 73.7 cm³/mol. The summed E-state index contributed by atoms with van der Waals surface area (Å²) in [6.45, 7) is 3.42. The molecular formula is C15H18N2O2. The van der Waals surface area contributed by atoms with Crippen LogP contribution in [-0.4, -0.2) is 11.7 Å². The number of nitriles is 1. The van der Waals surface area contributed by atoms with Crippen molar-refractivity contribution < 1.29 is 9.59 Å². The lowest BCUT2D eigenvalue weighted by atomic mass is 10.0. The minimum Gasteiger partial charge on any atom is -0.326 e. The second kappa shape index (κ2) is 7.32. The van der Waals surface area contributed by atoms with E-state index >= 15 is 0 Å². The highest BCUT2D eigenvalue weighted by molar-refractivity contribution is 5.97. The molecule has 19 heavy (non-hydrogen) atoms. The van der Waals surface area contributed by atoms with Crippen LogP contribution >= 0.6 is 0 Å². The number of Topliss-reactive ketones (excluding diaryl/α,β-unsaturated/α-hetero) is 1. The molecule has 0 fully saturated rings. The third-order valence-corrected chi connectivity index (χ3v) is 2.95. The maximum atomic E-state index is 11.7. The van der Waals surface area contributed by atoms with Gasteiger partial charge in [0.2, 0.25) is 5.91 Å². The average molecular weight is 258 g/mol. The van der Waals surface area contributed by atoms with Crippen LogP contribution in [0.2, 0.25) is 0 Å². The molecule has 1 aromatic carbocycles. The van der Waals surface area contributed by atoms with Gasteiger partial charge in [0.15, 0.2) is 5.78 Å². The summed E-state index contributed by atoms with van der Waals surface area (Å²) in [6, 6.07) is 9.01. The van der Waals surface area contributed by atoms with E-state index in [1.165, 1.54) is 6.92 Å². The quantitative estimate of drug-likeness (QED) is 0.797. The Bertz CT molecular complexity index is 503. The first-order chi connectivity index (χ1) is 9.06. The number of rotatable bonds is 6. The van der Waals surface area contributed by atoms with Crippen molar-refractivity contribution in [3.63, 3.8) is 0 Å². The number of hydrogen-bond acceptors (Lipinski definition) is 3. The van der Waals surface area contributed by atoms with E-state index in [0.29, 0.717) is 24.1 Å². The van der Waals surface area contributed by atoms with Crippen LogP contribution in [0.15, 0.2) is 24.3 Å². The third kappa shape index (κ3) is 4.92. The number of benzene rings is 1. The highest BCUT2D eigenvalue weighted by atomic mass is 16.1. The van der Waals surface area contributed by atoms with Gasteiger partial charge < -0.3 is 5.32 Å². The van der Waals surface area contributed by atoms with Gasteiger partial charge in [-0.2, -0.15) is 5.26 Å². The third-order valence-electron chi connectivity index (χ3n) is 2.95. The van der Waals surface area contributed by atoms with Crippen molar-refractivity contribution in [3.05, 3.63) is 29.8 Å². The Labute approximate surface area is 113 Å². The van der Waals surface area contributed by atoms with E-state index in [4.69, 9.17) is 5.26 Å². The number of ketones is 1. The Morgan fingerprint density at radius 2 is 2.16 bits per heavy atom. The van der Waals surface area contributed by atoms with Crippen molar-refractivity contribution in [2.75, 3.05) is 5.32 Å². The average Bonchev–Trinajstić information content (AvgIpc) is 2.40. The first-order valence-electron chi connectivity index (χ1n) is 6.37. The molecular weight excluding hydrogens is 240 g/mol. The van der Waals surface area contributed by atoms with Crippen LogP contribution in [0.1, 0.15) is 43.5 Å². The summed E-state index contributed by atoms with van der Waals surface area (Å²) in [7, 11) is 0. The highest BCUT2D eigenvalue weighted by Crippen LogP contribution is 2.14. The molecule has 1 rings (SSSR count). The number of nitrogens with one attached hydrogen (secondary N) is 1. The number of carbonyl (C=O) groups excluding carboxylic acids is 2. The molecule has 0 aromatic heterocycles. The minimum atomic E-state index is -0.130. The number of amides is 1. The molecule has 1 N–H and O–H groups in total. The van der Waals surface area contributed by atoms with Crippen LogP contribution in [0.4, 0.5) is 5.69 Å². The summed E-state index contributed by atoms with van der Waals surface area (Å²) in [5, 5.41) is 11.5. The molecule has 1 amide bonds. The second-order valence-electron chi connectivity index (χ2n) is 4.46. The monoisotopic (exact) mass is 258 g/mol. The zero-order chi connectivity index (χ0) is 14.3. The topological polar surface area (TPSA) is 70.0 Å². The van der Waals surface area contributed by atoms with Gasteiger partial charge in [0.25, 0.3) is 0 Å². The number of nitrogens with zero attached hydrogens (tertiary/aromatic N) is 1. The van der Waals surface area contributed by atoms with Crippen molar-refractivity contribution in [1.82, 2.24) is 0 Å². The SMILES string of the molecule is CCC(C#N)CCC(=O)Nc1cccc(C(C)=O)c1. The summed E-state index contributed by atoms with van der Waals surface area (Å²) >= 11 is 0. The molecule has 4 heteroatoms. The van der Waals surface area contributed by atoms with Crippen molar-refractivity contribution >= 4 is 17.4 Å². The molecule has 0 saturated carbocycles. The molecule has 1 atom stereocenters. The van der Waals surface area contributed by atoms with Crippen LogP contribution in [0.25, 0.3) is 0 Å². The molecule has 0 aliphatic carbocycles. The van der Waals surface area contributed by atoms with Crippen molar-refractivity contribution in [1.29, 1.82) is 5.26 Å². The smallest absolute Gasteiger partial charge is 0.224 e. The fourth-order valence-corrected chi connectivity index (χ4v) is 1.70. The van der Waals surface area contributed by atoms with E-state index in [2.05, 4.69) is 11.4 Å². The fraction of sp³-hybridized carbons (Fsp3) is 0.400. The summed E-state index contributed by atoms with van der Waals surface area (Å²) in [6.07, 6.45) is 1.63. The Balaban J connectivity index is 2.55. The minimum absolute atomic E-state index is 0.0355. The Hall–Kier alpha value is -2.15. The summed E-state index contributed by atoms with van der Waals surface area (Å²) in [5.41, 5.74) is 1.18. The van der Waals surface area contributed by atoms with Gasteiger partial charge in [-0.15, -0.1) is 0 Å². The number of anilines is 1. The normalized spacial score (nSPS) is 11.4. The zero-order valence-corrected chi connectivity index (χ0v) is 11.3. The van der Waals surface area contributed by atoms with E-state index < -0.39 is 0 Å². The van der Waals surface area contributed by atoms with E-state index in [9.17, 15) is 9.59 Å². The Morgan fingerprint density at radius 3 is 2.74 bits per heavy atom. The van der Waals surface area contributed by atoms with Gasteiger partial charge in [0.05, 0.1) is 6.07 Å². The van der Waals surface area contributed by atoms with Crippen molar-refractivity contribution in [2.24, 2.45) is 5.92 Å². The van der Waals surface area contributed by atoms with E-state index in [0.717, 1.165) is 6.42 Å². The van der Waals surface area contributed by atoms with Gasteiger partial charge in [-0.05, 0) is 31.9 Å². The van der Waals surface area contributed by atoms with Gasteiger partial charge in [-0.25, -0.2) is 0 Å². The summed E-state index contributed by atoms with van der Waals surface area (Å²) < 4.78 is 0. The summed E-state index contributed by atoms with van der Waals surface area (Å²) in [5.74, 6) is -0.240. The molecule has 1 unspecified atom stereocenters.